The van der Waals surface area contributed by atoms with E-state index in [4.69, 9.17) is 22.7 Å². The average Bonchev–Trinajstić information content (AvgIpc) is 2.60. The Morgan fingerprint density at radius 3 is 2.48 bits per heavy atom. The first kappa shape index (κ1) is 17.0. The number of primary amides is 1. The summed E-state index contributed by atoms with van der Waals surface area (Å²) in [6.07, 6.45) is 0. The van der Waals surface area contributed by atoms with E-state index in [9.17, 15) is 4.79 Å². The van der Waals surface area contributed by atoms with Crippen LogP contribution in [0.3, 0.4) is 0 Å². The largest absolute Gasteiger partial charge is 0.489 e. The van der Waals surface area contributed by atoms with Gasteiger partial charge < -0.3 is 21.1 Å². The minimum Gasteiger partial charge on any atom is -0.489 e. The number of hydrogen-bond acceptors (Lipinski definition) is 3. The van der Waals surface area contributed by atoms with Gasteiger partial charge in [0.25, 0.3) is 0 Å². The number of rotatable bonds is 5. The van der Waals surface area contributed by atoms with Crippen molar-refractivity contribution in [1.82, 2.24) is 10.6 Å². The van der Waals surface area contributed by atoms with Crippen molar-refractivity contribution in [3.63, 3.8) is 0 Å². The van der Waals surface area contributed by atoms with Crippen molar-refractivity contribution in [1.29, 1.82) is 0 Å². The fourth-order valence-corrected chi connectivity index (χ4v) is 3.04. The first-order chi connectivity index (χ1) is 12.0. The van der Waals surface area contributed by atoms with E-state index in [0.29, 0.717) is 23.0 Å². The Labute approximate surface area is 151 Å². The Hall–Kier alpha value is -2.86. The highest BCUT2D eigenvalue weighted by Gasteiger charge is 2.28. The molecule has 0 unspecified atom stereocenters. The summed E-state index contributed by atoms with van der Waals surface area (Å²) in [7, 11) is 0. The van der Waals surface area contributed by atoms with Gasteiger partial charge in [-0.15, -0.1) is 0 Å². The predicted octanol–water partition coefficient (Wildman–Crippen LogP) is 2.54. The van der Waals surface area contributed by atoms with Gasteiger partial charge in [0.1, 0.15) is 12.4 Å². The molecule has 0 saturated carbocycles. The quantitative estimate of drug-likeness (QED) is 0.720. The maximum atomic E-state index is 11.8. The maximum Gasteiger partial charge on any atom is 0.248 e. The molecule has 0 aliphatic carbocycles. The molecule has 1 atom stereocenters. The minimum absolute atomic E-state index is 0.366. The van der Waals surface area contributed by atoms with Crippen LogP contribution in [-0.4, -0.2) is 11.0 Å². The molecule has 0 radical (unpaired) electrons. The second-order valence-corrected chi connectivity index (χ2v) is 6.19. The third-order valence-corrected chi connectivity index (χ3v) is 4.22. The molecule has 1 aliphatic heterocycles. The summed E-state index contributed by atoms with van der Waals surface area (Å²) in [4.78, 5) is 11.8. The highest BCUT2D eigenvalue weighted by Crippen LogP contribution is 2.27. The van der Waals surface area contributed by atoms with Gasteiger partial charge in [-0.3, -0.25) is 4.79 Å². The van der Waals surface area contributed by atoms with Crippen molar-refractivity contribution in [2.45, 2.75) is 19.6 Å². The Balaban J connectivity index is 1.76. The molecule has 1 heterocycles. The number of carbonyl (C=O) groups excluding carboxylic acids is 1. The van der Waals surface area contributed by atoms with Gasteiger partial charge in [0.05, 0.1) is 11.6 Å². The van der Waals surface area contributed by atoms with E-state index in [1.54, 1.807) is 6.92 Å². The summed E-state index contributed by atoms with van der Waals surface area (Å²) < 4.78 is 5.79. The van der Waals surface area contributed by atoms with Crippen molar-refractivity contribution in [3.8, 4) is 5.75 Å². The zero-order valence-electron chi connectivity index (χ0n) is 13.8. The normalized spacial score (nSPS) is 16.8. The van der Waals surface area contributed by atoms with Crippen LogP contribution >= 0.6 is 12.2 Å². The van der Waals surface area contributed by atoms with Crippen LogP contribution in [0.5, 0.6) is 5.75 Å². The van der Waals surface area contributed by atoms with Crippen LogP contribution in [0.4, 0.5) is 0 Å². The van der Waals surface area contributed by atoms with Crippen molar-refractivity contribution in [3.05, 3.63) is 77.0 Å². The first-order valence-corrected chi connectivity index (χ1v) is 8.30. The molecule has 0 saturated heterocycles. The van der Waals surface area contributed by atoms with E-state index in [1.165, 1.54) is 0 Å². The minimum atomic E-state index is -0.477. The van der Waals surface area contributed by atoms with E-state index in [-0.39, 0.29) is 6.04 Å². The number of amides is 1. The molecule has 3 rings (SSSR count). The fraction of sp³-hybridized carbons (Fsp3) is 0.158. The summed E-state index contributed by atoms with van der Waals surface area (Å²) in [5, 5.41) is 6.50. The van der Waals surface area contributed by atoms with Crippen molar-refractivity contribution in [2.75, 3.05) is 0 Å². The molecule has 1 aliphatic rings. The Morgan fingerprint density at radius 1 is 1.16 bits per heavy atom. The van der Waals surface area contributed by atoms with Crippen molar-refractivity contribution in [2.24, 2.45) is 5.73 Å². The molecular weight excluding hydrogens is 334 g/mol. The second kappa shape index (κ2) is 7.36. The molecule has 2 aromatic carbocycles. The third-order valence-electron chi connectivity index (χ3n) is 4.00. The Morgan fingerprint density at radius 2 is 1.84 bits per heavy atom. The number of nitrogens with one attached hydrogen (secondary N) is 2. The summed E-state index contributed by atoms with van der Waals surface area (Å²) in [6, 6.07) is 17.2. The molecule has 0 bridgehead atoms. The van der Waals surface area contributed by atoms with Crippen LogP contribution in [0.25, 0.3) is 0 Å². The molecule has 0 spiro atoms. The lowest BCUT2D eigenvalue weighted by Gasteiger charge is -2.29. The van der Waals surface area contributed by atoms with Crippen LogP contribution in [0.15, 0.2) is 65.9 Å². The highest BCUT2D eigenvalue weighted by molar-refractivity contribution is 7.80. The fourth-order valence-electron chi connectivity index (χ4n) is 2.77. The molecular formula is C19H19N3O2S. The average molecular weight is 353 g/mol. The SMILES string of the molecule is CC1=C(C(N)=O)[C@@H](c2ccc(OCc3ccccc3)cc2)NC(=S)N1. The Bertz CT molecular complexity index is 816. The summed E-state index contributed by atoms with van der Waals surface area (Å²) in [6.45, 7) is 2.29. The highest BCUT2D eigenvalue weighted by atomic mass is 32.1. The smallest absolute Gasteiger partial charge is 0.248 e. The lowest BCUT2D eigenvalue weighted by atomic mass is 9.95. The van der Waals surface area contributed by atoms with Crippen molar-refractivity contribution < 1.29 is 9.53 Å². The van der Waals surface area contributed by atoms with E-state index in [1.807, 2.05) is 54.6 Å². The third kappa shape index (κ3) is 3.97. The van der Waals surface area contributed by atoms with Crippen LogP contribution in [0.2, 0.25) is 0 Å². The van der Waals surface area contributed by atoms with E-state index in [2.05, 4.69) is 10.6 Å². The number of carbonyl (C=O) groups is 1. The number of benzene rings is 2. The first-order valence-electron chi connectivity index (χ1n) is 7.89. The predicted molar refractivity (Wildman–Crippen MR) is 101 cm³/mol. The number of ether oxygens (including phenoxy) is 1. The number of thiocarbonyl (C=S) groups is 1. The van der Waals surface area contributed by atoms with Gasteiger partial charge in [-0.2, -0.15) is 0 Å². The number of allylic oxidation sites excluding steroid dienone is 1. The molecule has 4 N–H and O–H groups in total. The molecule has 2 aromatic rings. The van der Waals surface area contributed by atoms with Crippen molar-refractivity contribution >= 4 is 23.2 Å². The summed E-state index contributed by atoms with van der Waals surface area (Å²) in [5.74, 6) is 0.278. The van der Waals surface area contributed by atoms with Gasteiger partial charge in [0, 0.05) is 5.70 Å². The molecule has 25 heavy (non-hydrogen) atoms. The summed E-state index contributed by atoms with van der Waals surface area (Å²) >= 11 is 5.19. The van der Waals surface area contributed by atoms with Crippen LogP contribution in [0.1, 0.15) is 24.1 Å². The molecule has 5 nitrogen and oxygen atoms in total. The van der Waals surface area contributed by atoms with E-state index in [0.717, 1.165) is 16.9 Å². The summed E-state index contributed by atoms with van der Waals surface area (Å²) in [5.41, 5.74) is 8.67. The second-order valence-electron chi connectivity index (χ2n) is 5.78. The van der Waals surface area contributed by atoms with Gasteiger partial charge in [-0.25, -0.2) is 0 Å². The molecule has 6 heteroatoms. The molecule has 0 fully saturated rings. The zero-order chi connectivity index (χ0) is 17.8. The maximum absolute atomic E-state index is 11.8. The van der Waals surface area contributed by atoms with E-state index < -0.39 is 5.91 Å². The van der Waals surface area contributed by atoms with Crippen LogP contribution in [-0.2, 0) is 11.4 Å². The van der Waals surface area contributed by atoms with Gasteiger partial charge >= 0.3 is 0 Å². The molecule has 1 amide bonds. The Kier molecular flexibility index (Phi) is 5.00. The van der Waals surface area contributed by atoms with Gasteiger partial charge in [0.2, 0.25) is 5.91 Å². The van der Waals surface area contributed by atoms with E-state index >= 15 is 0 Å². The topological polar surface area (TPSA) is 76.4 Å². The van der Waals surface area contributed by atoms with Gasteiger partial charge in [-0.05, 0) is 42.4 Å². The standard InChI is InChI=1S/C19H19N3O2S/c1-12-16(18(20)23)17(22-19(25)21-12)14-7-9-15(10-8-14)24-11-13-5-3-2-4-6-13/h2-10,17H,11H2,1H3,(H2,20,23)(H2,21,22,25)/t17-/m1/s1. The molecule has 128 valence electrons. The van der Waals surface area contributed by atoms with Crippen LogP contribution < -0.4 is 21.1 Å². The number of nitrogens with two attached hydrogens (primary N) is 1. The van der Waals surface area contributed by atoms with Gasteiger partial charge in [-0.1, -0.05) is 42.5 Å². The monoisotopic (exact) mass is 353 g/mol. The lowest BCUT2D eigenvalue weighted by molar-refractivity contribution is -0.115. The number of hydrogen-bond donors (Lipinski definition) is 3. The lowest BCUT2D eigenvalue weighted by Crippen LogP contribution is -2.46. The molecule has 0 aromatic heterocycles. The van der Waals surface area contributed by atoms with Gasteiger partial charge in [0.15, 0.2) is 5.11 Å². The van der Waals surface area contributed by atoms with Crippen LogP contribution in [0, 0.1) is 0 Å². The zero-order valence-corrected chi connectivity index (χ0v) is 14.6.